The van der Waals surface area contributed by atoms with Gasteiger partial charge in [0, 0.05) is 30.9 Å². The number of hydrogen-bond donors (Lipinski definition) is 2. The average Bonchev–Trinajstić information content (AvgIpc) is 2.92. The minimum Gasteiger partial charge on any atom is -0.318 e. The molecule has 4 rings (SSSR count). The number of nitrogens with one attached hydrogen (secondary N) is 2. The summed E-state index contributed by atoms with van der Waals surface area (Å²) in [6.07, 6.45) is 4.40. The molecule has 2 atom stereocenters. The molecule has 0 spiro atoms. The van der Waals surface area contributed by atoms with Crippen LogP contribution in [0.1, 0.15) is 35.3 Å². The number of carbonyl (C=O) groups excluding carboxylic acids is 1. The summed E-state index contributed by atoms with van der Waals surface area (Å²) in [6, 6.07) is 3.63. The predicted octanol–water partition coefficient (Wildman–Crippen LogP) is 2.07. The van der Waals surface area contributed by atoms with Crippen molar-refractivity contribution < 1.29 is 4.79 Å². The quantitative estimate of drug-likeness (QED) is 0.774. The first-order valence-electron chi connectivity index (χ1n) is 7.25. The second-order valence-corrected chi connectivity index (χ2v) is 5.90. The minimum atomic E-state index is -0.234. The molecule has 1 aliphatic rings. The number of hydrogen-bond acceptors (Lipinski definition) is 4. The lowest BCUT2D eigenvalue weighted by Crippen LogP contribution is -2.12. The Bertz CT molecular complexity index is 864. The van der Waals surface area contributed by atoms with E-state index in [1.165, 1.54) is 6.42 Å². The standard InChI is InChI=1S/C15H16N6O/c1-8-3-10(8)11-5-13(20-19-11)18-15(22)9-4-12-14(16-6-9)21(2)7-17-12/h4-8,10H,3H2,1-2H3,(H2,18,19,20,22)/t8-,10+/m1/s1. The summed E-state index contributed by atoms with van der Waals surface area (Å²) in [6.45, 7) is 2.21. The number of aromatic nitrogens is 5. The van der Waals surface area contributed by atoms with Crippen molar-refractivity contribution in [1.29, 1.82) is 0 Å². The molecule has 7 nitrogen and oxygen atoms in total. The van der Waals surface area contributed by atoms with Gasteiger partial charge < -0.3 is 9.88 Å². The zero-order chi connectivity index (χ0) is 15.3. The van der Waals surface area contributed by atoms with Crippen LogP contribution >= 0.6 is 0 Å². The van der Waals surface area contributed by atoms with Crippen LogP contribution in [-0.4, -0.2) is 30.6 Å². The van der Waals surface area contributed by atoms with Crippen molar-refractivity contribution >= 4 is 22.9 Å². The Kier molecular flexibility index (Phi) is 2.75. The summed E-state index contributed by atoms with van der Waals surface area (Å²) in [5, 5.41) is 9.93. The van der Waals surface area contributed by atoms with E-state index in [0.717, 1.165) is 11.3 Å². The SMILES string of the molecule is C[C@@H]1C[C@@H]1c1cc(NC(=O)c2cnc3c(c2)ncn3C)n[nH]1. The van der Waals surface area contributed by atoms with E-state index >= 15 is 0 Å². The Balaban J connectivity index is 1.54. The second kappa shape index (κ2) is 4.66. The fourth-order valence-electron chi connectivity index (χ4n) is 2.67. The smallest absolute Gasteiger partial charge is 0.258 e. The highest BCUT2D eigenvalue weighted by Gasteiger charge is 2.35. The molecule has 1 saturated carbocycles. The van der Waals surface area contributed by atoms with E-state index < -0.39 is 0 Å². The molecule has 1 aliphatic carbocycles. The molecule has 0 aromatic carbocycles. The monoisotopic (exact) mass is 296 g/mol. The Labute approximate surface area is 126 Å². The van der Waals surface area contributed by atoms with Crippen molar-refractivity contribution in [3.05, 3.63) is 35.9 Å². The van der Waals surface area contributed by atoms with Gasteiger partial charge >= 0.3 is 0 Å². The molecule has 1 fully saturated rings. The van der Waals surface area contributed by atoms with Crippen LogP contribution in [0.3, 0.4) is 0 Å². The molecule has 1 amide bonds. The van der Waals surface area contributed by atoms with E-state index in [2.05, 4.69) is 32.4 Å². The molecule has 0 bridgehead atoms. The summed E-state index contributed by atoms with van der Waals surface area (Å²) >= 11 is 0. The highest BCUT2D eigenvalue weighted by Crippen LogP contribution is 2.46. The normalized spacial score (nSPS) is 20.3. The maximum absolute atomic E-state index is 12.3. The van der Waals surface area contributed by atoms with Crippen LogP contribution in [0.25, 0.3) is 11.2 Å². The average molecular weight is 296 g/mol. The molecule has 22 heavy (non-hydrogen) atoms. The third-order valence-corrected chi connectivity index (χ3v) is 4.16. The van der Waals surface area contributed by atoms with E-state index in [-0.39, 0.29) is 5.91 Å². The molecule has 112 valence electrons. The molecule has 0 unspecified atom stereocenters. The van der Waals surface area contributed by atoms with Crippen molar-refractivity contribution in [2.45, 2.75) is 19.3 Å². The van der Waals surface area contributed by atoms with E-state index in [9.17, 15) is 4.79 Å². The molecular weight excluding hydrogens is 280 g/mol. The van der Waals surface area contributed by atoms with Gasteiger partial charge in [-0.2, -0.15) is 5.10 Å². The van der Waals surface area contributed by atoms with Crippen molar-refractivity contribution in [1.82, 2.24) is 24.7 Å². The molecular formula is C15H16N6O. The third kappa shape index (κ3) is 2.14. The Hall–Kier alpha value is -2.70. The van der Waals surface area contributed by atoms with Gasteiger partial charge in [0.2, 0.25) is 0 Å². The summed E-state index contributed by atoms with van der Waals surface area (Å²) in [4.78, 5) is 20.8. The molecule has 3 heterocycles. The number of pyridine rings is 1. The molecule has 0 aliphatic heterocycles. The van der Waals surface area contributed by atoms with Gasteiger partial charge in [-0.25, -0.2) is 9.97 Å². The fraction of sp³-hybridized carbons (Fsp3) is 0.333. The fourth-order valence-corrected chi connectivity index (χ4v) is 2.67. The number of aryl methyl sites for hydroxylation is 1. The molecule has 3 aromatic heterocycles. The van der Waals surface area contributed by atoms with Crippen molar-refractivity contribution in [3.8, 4) is 0 Å². The summed E-state index contributed by atoms with van der Waals surface area (Å²) in [5.74, 6) is 1.55. The predicted molar refractivity (Wildman–Crippen MR) is 81.6 cm³/mol. The van der Waals surface area contributed by atoms with Gasteiger partial charge in [0.1, 0.15) is 5.52 Å². The Morgan fingerprint density at radius 1 is 1.41 bits per heavy atom. The van der Waals surface area contributed by atoms with Gasteiger partial charge in [-0.05, 0) is 18.4 Å². The second-order valence-electron chi connectivity index (χ2n) is 5.90. The van der Waals surface area contributed by atoms with Crippen molar-refractivity contribution in [2.75, 3.05) is 5.32 Å². The van der Waals surface area contributed by atoms with E-state index in [1.807, 2.05) is 17.7 Å². The maximum Gasteiger partial charge on any atom is 0.258 e. The van der Waals surface area contributed by atoms with Crippen molar-refractivity contribution in [2.24, 2.45) is 13.0 Å². The summed E-state index contributed by atoms with van der Waals surface area (Å²) in [5.41, 5.74) is 3.00. The van der Waals surface area contributed by atoms with Crippen LogP contribution in [0.5, 0.6) is 0 Å². The molecule has 0 saturated heterocycles. The van der Waals surface area contributed by atoms with Crippen LogP contribution in [-0.2, 0) is 7.05 Å². The summed E-state index contributed by atoms with van der Waals surface area (Å²) in [7, 11) is 1.87. The topological polar surface area (TPSA) is 88.5 Å². The third-order valence-electron chi connectivity index (χ3n) is 4.16. The number of rotatable bonds is 3. The lowest BCUT2D eigenvalue weighted by Gasteiger charge is -2.01. The van der Waals surface area contributed by atoms with Gasteiger partial charge in [0.25, 0.3) is 5.91 Å². The molecule has 3 aromatic rings. The van der Waals surface area contributed by atoms with Crippen LogP contribution in [0.4, 0.5) is 5.82 Å². The number of H-pyrrole nitrogens is 1. The number of aromatic amines is 1. The highest BCUT2D eigenvalue weighted by molar-refractivity contribution is 6.04. The zero-order valence-electron chi connectivity index (χ0n) is 12.4. The zero-order valence-corrected chi connectivity index (χ0v) is 12.4. The number of fused-ring (bicyclic) bond motifs is 1. The minimum absolute atomic E-state index is 0.234. The molecule has 0 radical (unpaired) electrons. The van der Waals surface area contributed by atoms with E-state index in [4.69, 9.17) is 0 Å². The molecule has 7 heteroatoms. The first-order chi connectivity index (χ1) is 10.6. The lowest BCUT2D eigenvalue weighted by atomic mass is 10.2. The van der Waals surface area contributed by atoms with Crippen molar-refractivity contribution in [3.63, 3.8) is 0 Å². The van der Waals surface area contributed by atoms with Crippen LogP contribution in [0.2, 0.25) is 0 Å². The number of imidazole rings is 1. The first kappa shape index (κ1) is 13.0. The number of anilines is 1. The van der Waals surface area contributed by atoms with Gasteiger partial charge in [-0.1, -0.05) is 6.92 Å². The highest BCUT2D eigenvalue weighted by atomic mass is 16.1. The van der Waals surface area contributed by atoms with Gasteiger partial charge in [0.15, 0.2) is 11.5 Å². The lowest BCUT2D eigenvalue weighted by molar-refractivity contribution is 0.102. The van der Waals surface area contributed by atoms with Gasteiger partial charge in [0.05, 0.1) is 11.9 Å². The Morgan fingerprint density at radius 3 is 3.00 bits per heavy atom. The van der Waals surface area contributed by atoms with Gasteiger partial charge in [-0.15, -0.1) is 0 Å². The van der Waals surface area contributed by atoms with Crippen LogP contribution in [0.15, 0.2) is 24.7 Å². The Morgan fingerprint density at radius 2 is 2.23 bits per heavy atom. The molecule has 2 N–H and O–H groups in total. The van der Waals surface area contributed by atoms with Gasteiger partial charge in [-0.3, -0.25) is 9.89 Å². The van der Waals surface area contributed by atoms with Crippen LogP contribution in [0, 0.1) is 5.92 Å². The largest absolute Gasteiger partial charge is 0.318 e. The number of nitrogens with zero attached hydrogens (tertiary/aromatic N) is 4. The number of amides is 1. The number of carbonyl (C=O) groups is 1. The van der Waals surface area contributed by atoms with E-state index in [1.54, 1.807) is 18.6 Å². The van der Waals surface area contributed by atoms with E-state index in [0.29, 0.717) is 28.7 Å². The van der Waals surface area contributed by atoms with Crippen LogP contribution < -0.4 is 5.32 Å². The first-order valence-corrected chi connectivity index (χ1v) is 7.25. The summed E-state index contributed by atoms with van der Waals surface area (Å²) < 4.78 is 1.81. The maximum atomic E-state index is 12.3.